The van der Waals surface area contributed by atoms with Gasteiger partial charge >= 0.3 is 5.97 Å². The van der Waals surface area contributed by atoms with E-state index in [1.165, 1.54) is 0 Å². The van der Waals surface area contributed by atoms with E-state index in [0.717, 1.165) is 63.8 Å². The molecule has 24 heavy (non-hydrogen) atoms. The van der Waals surface area contributed by atoms with Crippen molar-refractivity contribution in [2.75, 3.05) is 0 Å². The number of carbonyl (C=O) groups is 1. The van der Waals surface area contributed by atoms with Gasteiger partial charge in [-0.15, -0.1) is 0 Å². The second-order valence-electron chi connectivity index (χ2n) is 7.15. The van der Waals surface area contributed by atoms with Crippen LogP contribution in [-0.2, 0) is 10.2 Å². The van der Waals surface area contributed by atoms with E-state index in [4.69, 9.17) is 8.83 Å². The normalized spacial score (nSPS) is 17.6. The lowest BCUT2D eigenvalue weighted by Gasteiger charge is -2.34. The van der Waals surface area contributed by atoms with Crippen molar-refractivity contribution < 1.29 is 18.7 Å². The first-order valence-electron chi connectivity index (χ1n) is 8.61. The van der Waals surface area contributed by atoms with Crippen molar-refractivity contribution in [1.82, 2.24) is 0 Å². The highest BCUT2D eigenvalue weighted by Crippen LogP contribution is 2.48. The Bertz CT molecular complexity index is 893. The summed E-state index contributed by atoms with van der Waals surface area (Å²) in [5.41, 5.74) is 2.47. The smallest absolute Gasteiger partial charge is 0.314 e. The maximum atomic E-state index is 12.4. The molecule has 1 fully saturated rings. The number of hydrogen-bond acceptors (Lipinski definition) is 3. The molecule has 2 aromatic heterocycles. The Balaban J connectivity index is 2.18. The van der Waals surface area contributed by atoms with Gasteiger partial charge in [-0.1, -0.05) is 19.3 Å². The number of aryl methyl sites for hydroxylation is 3. The Morgan fingerprint density at radius 1 is 0.958 bits per heavy atom. The minimum atomic E-state index is -0.886. The van der Waals surface area contributed by atoms with Gasteiger partial charge in [-0.25, -0.2) is 0 Å². The molecule has 2 heterocycles. The second kappa shape index (κ2) is 5.13. The molecule has 0 amide bonds. The Kier molecular flexibility index (Phi) is 3.27. The van der Waals surface area contributed by atoms with Crippen LogP contribution in [0.1, 0.15) is 54.8 Å². The first-order valence-corrected chi connectivity index (χ1v) is 8.61. The maximum Gasteiger partial charge on any atom is 0.314 e. The first kappa shape index (κ1) is 15.3. The number of furan rings is 2. The van der Waals surface area contributed by atoms with Crippen LogP contribution in [0.15, 0.2) is 21.0 Å². The van der Waals surface area contributed by atoms with Crippen molar-refractivity contribution in [3.63, 3.8) is 0 Å². The van der Waals surface area contributed by atoms with Crippen LogP contribution in [0.5, 0.6) is 0 Å². The predicted molar refractivity (Wildman–Crippen MR) is 92.6 cm³/mol. The molecule has 3 aromatic rings. The highest BCUT2D eigenvalue weighted by Gasteiger charge is 2.45. The Morgan fingerprint density at radius 3 is 2.17 bits per heavy atom. The highest BCUT2D eigenvalue weighted by atomic mass is 16.4. The number of fused-ring (bicyclic) bond motifs is 2. The number of benzene rings is 1. The van der Waals surface area contributed by atoms with E-state index in [1.807, 2.05) is 32.9 Å². The fraction of sp³-hybridized carbons (Fsp3) is 0.450. The summed E-state index contributed by atoms with van der Waals surface area (Å²) in [7, 11) is 0. The summed E-state index contributed by atoms with van der Waals surface area (Å²) >= 11 is 0. The van der Waals surface area contributed by atoms with E-state index in [1.54, 1.807) is 0 Å². The van der Waals surface area contributed by atoms with Gasteiger partial charge in [0.05, 0.1) is 5.41 Å². The third-order valence-corrected chi connectivity index (χ3v) is 5.55. The lowest BCUT2D eigenvalue weighted by molar-refractivity contribution is -0.145. The molecule has 0 saturated heterocycles. The van der Waals surface area contributed by atoms with Crippen molar-refractivity contribution >= 4 is 27.9 Å². The molecule has 0 aliphatic heterocycles. The van der Waals surface area contributed by atoms with Crippen molar-refractivity contribution in [3.8, 4) is 0 Å². The van der Waals surface area contributed by atoms with E-state index in [9.17, 15) is 9.90 Å². The van der Waals surface area contributed by atoms with E-state index in [0.29, 0.717) is 12.8 Å². The summed E-state index contributed by atoms with van der Waals surface area (Å²) in [6, 6.07) is 3.96. The second-order valence-corrected chi connectivity index (χ2v) is 7.15. The quantitative estimate of drug-likeness (QED) is 0.685. The summed E-state index contributed by atoms with van der Waals surface area (Å²) < 4.78 is 12.0. The number of hydrogen-bond donors (Lipinski definition) is 1. The zero-order chi connectivity index (χ0) is 17.1. The van der Waals surface area contributed by atoms with Crippen molar-refractivity contribution in [2.45, 2.75) is 58.3 Å². The van der Waals surface area contributed by atoms with E-state index in [-0.39, 0.29) is 0 Å². The van der Waals surface area contributed by atoms with Gasteiger partial charge in [0.15, 0.2) is 0 Å². The van der Waals surface area contributed by atoms with Crippen molar-refractivity contribution in [2.24, 2.45) is 0 Å². The van der Waals surface area contributed by atoms with Gasteiger partial charge in [-0.2, -0.15) is 0 Å². The van der Waals surface area contributed by atoms with Crippen molar-refractivity contribution in [3.05, 3.63) is 34.8 Å². The zero-order valence-corrected chi connectivity index (χ0v) is 14.4. The maximum absolute atomic E-state index is 12.4. The van der Waals surface area contributed by atoms with Gasteiger partial charge in [-0.05, 0) is 45.7 Å². The molecule has 0 bridgehead atoms. The minimum Gasteiger partial charge on any atom is -0.481 e. The van der Waals surface area contributed by atoms with Crippen LogP contribution in [0.2, 0.25) is 0 Å². The summed E-state index contributed by atoms with van der Waals surface area (Å²) in [5.74, 6) is 0.853. The summed E-state index contributed by atoms with van der Waals surface area (Å²) in [6.07, 6.45) is 4.26. The average Bonchev–Trinajstić information content (AvgIpc) is 3.11. The molecule has 4 rings (SSSR count). The van der Waals surface area contributed by atoms with Gasteiger partial charge < -0.3 is 13.9 Å². The fourth-order valence-corrected chi connectivity index (χ4v) is 4.40. The number of aliphatic carboxylic acids is 1. The molecule has 1 aliphatic carbocycles. The molecule has 0 unspecified atom stereocenters. The highest BCUT2D eigenvalue weighted by molar-refractivity contribution is 6.06. The first-order chi connectivity index (χ1) is 11.4. The van der Waals surface area contributed by atoms with Gasteiger partial charge in [0, 0.05) is 21.9 Å². The van der Waals surface area contributed by atoms with Crippen LogP contribution in [0.4, 0.5) is 0 Å². The standard InChI is InChI=1S/C20H22O4/c1-11-9-14-13(3)17-15(10-12(2)23-17)16(18(14)24-11)20(19(21)22)7-5-4-6-8-20/h9-10H,4-8H2,1-3H3,(H,21,22). The van der Waals surface area contributed by atoms with Gasteiger partial charge in [-0.3, -0.25) is 4.79 Å². The molecule has 0 spiro atoms. The van der Waals surface area contributed by atoms with Crippen LogP contribution < -0.4 is 0 Å². The third-order valence-electron chi connectivity index (χ3n) is 5.55. The number of carboxylic acids is 1. The number of rotatable bonds is 2. The van der Waals surface area contributed by atoms with Crippen LogP contribution in [0, 0.1) is 20.8 Å². The van der Waals surface area contributed by atoms with Crippen LogP contribution >= 0.6 is 0 Å². The molecular weight excluding hydrogens is 304 g/mol. The lowest BCUT2D eigenvalue weighted by atomic mass is 9.68. The summed E-state index contributed by atoms with van der Waals surface area (Å²) in [4.78, 5) is 12.4. The lowest BCUT2D eigenvalue weighted by Crippen LogP contribution is -2.38. The molecule has 0 radical (unpaired) electrons. The molecule has 0 atom stereocenters. The van der Waals surface area contributed by atoms with Gasteiger partial charge in [0.1, 0.15) is 22.7 Å². The van der Waals surface area contributed by atoms with Crippen LogP contribution in [0.3, 0.4) is 0 Å². The Hall–Kier alpha value is -2.23. The molecule has 1 N–H and O–H groups in total. The Morgan fingerprint density at radius 2 is 1.54 bits per heavy atom. The minimum absolute atomic E-state index is 0.652. The zero-order valence-electron chi connectivity index (χ0n) is 14.4. The molecule has 4 nitrogen and oxygen atoms in total. The molecule has 4 heteroatoms. The molecular formula is C20H22O4. The van der Waals surface area contributed by atoms with E-state index in [2.05, 4.69) is 0 Å². The van der Waals surface area contributed by atoms with Crippen molar-refractivity contribution in [1.29, 1.82) is 0 Å². The molecule has 1 saturated carbocycles. The third kappa shape index (κ3) is 1.95. The fourth-order valence-electron chi connectivity index (χ4n) is 4.40. The van der Waals surface area contributed by atoms with Gasteiger partial charge in [0.2, 0.25) is 0 Å². The van der Waals surface area contributed by atoms with Crippen LogP contribution in [-0.4, -0.2) is 11.1 Å². The number of carboxylic acid groups (broad SMARTS) is 1. The topological polar surface area (TPSA) is 63.6 Å². The SMILES string of the molecule is Cc1cc2c(C3(C(=O)O)CCCCC3)c3oc(C)cc3c(C)c2o1. The monoisotopic (exact) mass is 326 g/mol. The van der Waals surface area contributed by atoms with Crippen LogP contribution in [0.25, 0.3) is 21.9 Å². The molecule has 1 aliphatic rings. The summed E-state index contributed by atoms with van der Waals surface area (Å²) in [6.45, 7) is 5.83. The van der Waals surface area contributed by atoms with E-state index < -0.39 is 11.4 Å². The predicted octanol–water partition coefficient (Wildman–Crippen LogP) is 5.39. The van der Waals surface area contributed by atoms with E-state index >= 15 is 0 Å². The summed E-state index contributed by atoms with van der Waals surface area (Å²) in [5, 5.41) is 12.0. The Labute approximate surface area is 140 Å². The van der Waals surface area contributed by atoms with Gasteiger partial charge in [0.25, 0.3) is 0 Å². The average molecular weight is 326 g/mol. The molecule has 1 aromatic carbocycles. The largest absolute Gasteiger partial charge is 0.481 e. The molecule has 126 valence electrons.